The quantitative estimate of drug-likeness (QED) is 0.195. The van der Waals surface area contributed by atoms with E-state index in [1.165, 1.54) is 116 Å². The molecule has 0 spiro atoms. The molecule has 26 heavy (non-hydrogen) atoms. The Labute approximate surface area is 167 Å². The second kappa shape index (κ2) is 19.7. The van der Waals surface area contributed by atoms with Gasteiger partial charge in [-0.3, -0.25) is 0 Å². The average molecular weight is 368 g/mol. The van der Waals surface area contributed by atoms with Gasteiger partial charge >= 0.3 is 0 Å². The van der Waals surface area contributed by atoms with E-state index >= 15 is 0 Å². The van der Waals surface area contributed by atoms with Gasteiger partial charge in [0.15, 0.2) is 0 Å². The maximum absolute atomic E-state index is 2.81. The van der Waals surface area contributed by atoms with Crippen LogP contribution >= 0.6 is 0 Å². The SMILES string of the molecule is CCCCCCCCCCN(CCC(C)C)C(C)CCCCCCCC. The molecule has 1 atom stereocenters. The molecule has 0 radical (unpaired) electrons. The van der Waals surface area contributed by atoms with Crippen LogP contribution in [0.1, 0.15) is 137 Å². The summed E-state index contributed by atoms with van der Waals surface area (Å²) >= 11 is 0. The van der Waals surface area contributed by atoms with E-state index in [0.717, 1.165) is 12.0 Å². The Morgan fingerprint density at radius 2 is 0.962 bits per heavy atom. The maximum Gasteiger partial charge on any atom is 0.00669 e. The molecule has 0 aliphatic carbocycles. The van der Waals surface area contributed by atoms with Crippen LogP contribution in [0.15, 0.2) is 0 Å². The zero-order chi connectivity index (χ0) is 19.5. The average Bonchev–Trinajstić information content (AvgIpc) is 2.62. The summed E-state index contributed by atoms with van der Waals surface area (Å²) in [5.74, 6) is 0.831. The lowest BCUT2D eigenvalue weighted by Gasteiger charge is -2.30. The van der Waals surface area contributed by atoms with Crippen molar-refractivity contribution in [3.8, 4) is 0 Å². The molecule has 1 nitrogen and oxygen atoms in total. The van der Waals surface area contributed by atoms with Gasteiger partial charge in [0.25, 0.3) is 0 Å². The molecule has 0 aromatic carbocycles. The highest BCUT2D eigenvalue weighted by Gasteiger charge is 2.13. The summed E-state index contributed by atoms with van der Waals surface area (Å²) < 4.78 is 0. The number of nitrogens with zero attached hydrogens (tertiary/aromatic N) is 1. The van der Waals surface area contributed by atoms with Gasteiger partial charge in [0.05, 0.1) is 0 Å². The molecule has 0 aromatic heterocycles. The third-order valence-corrected chi connectivity index (χ3v) is 5.89. The highest BCUT2D eigenvalue weighted by molar-refractivity contribution is 4.69. The van der Waals surface area contributed by atoms with Gasteiger partial charge in [0, 0.05) is 6.04 Å². The van der Waals surface area contributed by atoms with E-state index in [1.807, 2.05) is 0 Å². The second-order valence-corrected chi connectivity index (χ2v) is 9.10. The third kappa shape index (κ3) is 17.4. The van der Waals surface area contributed by atoms with Gasteiger partial charge in [-0.2, -0.15) is 0 Å². The van der Waals surface area contributed by atoms with Gasteiger partial charge in [0.1, 0.15) is 0 Å². The van der Waals surface area contributed by atoms with E-state index in [9.17, 15) is 0 Å². The largest absolute Gasteiger partial charge is 0.301 e. The van der Waals surface area contributed by atoms with E-state index in [-0.39, 0.29) is 0 Å². The summed E-state index contributed by atoms with van der Waals surface area (Å²) in [6, 6.07) is 0.782. The first kappa shape index (κ1) is 26.0. The van der Waals surface area contributed by atoms with Gasteiger partial charge in [-0.25, -0.2) is 0 Å². The summed E-state index contributed by atoms with van der Waals surface area (Å²) in [5, 5.41) is 0. The van der Waals surface area contributed by atoms with Gasteiger partial charge in [-0.15, -0.1) is 0 Å². The van der Waals surface area contributed by atoms with Crippen LogP contribution in [0, 0.1) is 5.92 Å². The minimum absolute atomic E-state index is 0.782. The van der Waals surface area contributed by atoms with Crippen molar-refractivity contribution in [1.82, 2.24) is 4.90 Å². The molecule has 0 aliphatic rings. The van der Waals surface area contributed by atoms with Crippen molar-refractivity contribution in [3.05, 3.63) is 0 Å². The van der Waals surface area contributed by atoms with E-state index < -0.39 is 0 Å². The standard InChI is InChI=1S/C25H53N/c1-6-8-10-12-14-15-17-19-22-26(23-21-24(3)4)25(5)20-18-16-13-11-9-7-2/h24-25H,6-23H2,1-5H3. The number of hydrogen-bond acceptors (Lipinski definition) is 1. The van der Waals surface area contributed by atoms with Crippen LogP contribution in [0.3, 0.4) is 0 Å². The van der Waals surface area contributed by atoms with Crippen molar-refractivity contribution in [2.45, 2.75) is 143 Å². The van der Waals surface area contributed by atoms with Crippen LogP contribution in [0.5, 0.6) is 0 Å². The third-order valence-electron chi connectivity index (χ3n) is 5.89. The van der Waals surface area contributed by atoms with Crippen LogP contribution in [-0.4, -0.2) is 24.0 Å². The Kier molecular flexibility index (Phi) is 19.7. The smallest absolute Gasteiger partial charge is 0.00669 e. The Bertz CT molecular complexity index is 261. The summed E-state index contributed by atoms with van der Waals surface area (Å²) in [6.07, 6.45) is 22.8. The van der Waals surface area contributed by atoms with Gasteiger partial charge in [0.2, 0.25) is 0 Å². The molecule has 0 amide bonds. The molecule has 0 saturated carbocycles. The van der Waals surface area contributed by atoms with E-state index in [2.05, 4.69) is 39.5 Å². The highest BCUT2D eigenvalue weighted by Crippen LogP contribution is 2.16. The van der Waals surface area contributed by atoms with Crippen molar-refractivity contribution in [2.75, 3.05) is 13.1 Å². The molecule has 0 bridgehead atoms. The first-order valence-corrected chi connectivity index (χ1v) is 12.4. The van der Waals surface area contributed by atoms with Crippen molar-refractivity contribution in [1.29, 1.82) is 0 Å². The first-order valence-electron chi connectivity index (χ1n) is 12.4. The molecule has 1 heteroatoms. The molecular formula is C25H53N. The molecule has 0 aliphatic heterocycles. The summed E-state index contributed by atoms with van der Waals surface area (Å²) in [4.78, 5) is 2.81. The van der Waals surface area contributed by atoms with Crippen LogP contribution in [-0.2, 0) is 0 Å². The molecule has 0 fully saturated rings. The topological polar surface area (TPSA) is 3.24 Å². The van der Waals surface area contributed by atoms with E-state index in [1.54, 1.807) is 0 Å². The second-order valence-electron chi connectivity index (χ2n) is 9.10. The van der Waals surface area contributed by atoms with Gasteiger partial charge in [-0.1, -0.05) is 111 Å². The fourth-order valence-corrected chi connectivity index (χ4v) is 3.83. The molecule has 0 aromatic rings. The van der Waals surface area contributed by atoms with Crippen molar-refractivity contribution in [2.24, 2.45) is 5.92 Å². The molecule has 0 heterocycles. The van der Waals surface area contributed by atoms with Crippen LogP contribution in [0.25, 0.3) is 0 Å². The summed E-state index contributed by atoms with van der Waals surface area (Å²) in [7, 11) is 0. The lowest BCUT2D eigenvalue weighted by molar-refractivity contribution is 0.182. The minimum Gasteiger partial charge on any atom is -0.301 e. The molecule has 0 saturated heterocycles. The fraction of sp³-hybridized carbons (Fsp3) is 1.00. The molecular weight excluding hydrogens is 314 g/mol. The zero-order valence-corrected chi connectivity index (χ0v) is 19.3. The van der Waals surface area contributed by atoms with Crippen LogP contribution in [0.2, 0.25) is 0 Å². The van der Waals surface area contributed by atoms with Crippen molar-refractivity contribution in [3.63, 3.8) is 0 Å². The monoisotopic (exact) mass is 367 g/mol. The Morgan fingerprint density at radius 1 is 0.500 bits per heavy atom. The van der Waals surface area contributed by atoms with E-state index in [4.69, 9.17) is 0 Å². The fourth-order valence-electron chi connectivity index (χ4n) is 3.83. The van der Waals surface area contributed by atoms with Crippen LogP contribution < -0.4 is 0 Å². The molecule has 158 valence electrons. The Morgan fingerprint density at radius 3 is 1.46 bits per heavy atom. The molecule has 0 N–H and O–H groups in total. The summed E-state index contributed by atoms with van der Waals surface area (Å²) in [6.45, 7) is 14.5. The van der Waals surface area contributed by atoms with E-state index in [0.29, 0.717) is 0 Å². The maximum atomic E-state index is 2.81. The molecule has 0 rings (SSSR count). The number of unbranched alkanes of at least 4 members (excludes halogenated alkanes) is 12. The first-order chi connectivity index (χ1) is 12.6. The van der Waals surface area contributed by atoms with Crippen molar-refractivity contribution >= 4 is 0 Å². The zero-order valence-electron chi connectivity index (χ0n) is 19.3. The lowest BCUT2D eigenvalue weighted by Crippen LogP contribution is -2.35. The number of hydrogen-bond donors (Lipinski definition) is 0. The predicted octanol–water partition coefficient (Wildman–Crippen LogP) is 8.61. The minimum atomic E-state index is 0.782. The Hall–Kier alpha value is -0.0400. The van der Waals surface area contributed by atoms with Gasteiger partial charge < -0.3 is 4.90 Å². The highest BCUT2D eigenvalue weighted by atomic mass is 15.1. The Balaban J connectivity index is 3.90. The lowest BCUT2D eigenvalue weighted by atomic mass is 10.0. The predicted molar refractivity (Wildman–Crippen MR) is 121 cm³/mol. The van der Waals surface area contributed by atoms with Gasteiger partial charge in [-0.05, 0) is 45.2 Å². The number of rotatable bonds is 20. The normalized spacial score (nSPS) is 13.0. The van der Waals surface area contributed by atoms with Crippen molar-refractivity contribution < 1.29 is 0 Å². The molecule has 1 unspecified atom stereocenters. The van der Waals surface area contributed by atoms with Crippen LogP contribution in [0.4, 0.5) is 0 Å². The summed E-state index contributed by atoms with van der Waals surface area (Å²) in [5.41, 5.74) is 0.